The first kappa shape index (κ1) is 17.2. The Morgan fingerprint density at radius 2 is 2.23 bits per heavy atom. The largest absolute Gasteiger partial charge is 0.336 e. The number of carbonyl (C=O) groups excluding carboxylic acids is 1. The van der Waals surface area contributed by atoms with Crippen LogP contribution in [0.3, 0.4) is 0 Å². The molecule has 5 heteroatoms. The van der Waals surface area contributed by atoms with E-state index < -0.39 is 0 Å². The topological polar surface area (TPSA) is 32.3 Å². The number of halogens is 2. The van der Waals surface area contributed by atoms with Crippen LogP contribution in [0, 0.1) is 11.7 Å². The molecule has 0 aromatic heterocycles. The van der Waals surface area contributed by atoms with Crippen LogP contribution in [0.15, 0.2) is 24.3 Å². The fourth-order valence-corrected chi connectivity index (χ4v) is 3.56. The Morgan fingerprint density at radius 3 is 2.95 bits per heavy atom. The first-order valence-electron chi connectivity index (χ1n) is 7.99. The Hall–Kier alpha value is -1.13. The van der Waals surface area contributed by atoms with Crippen LogP contribution in [0.4, 0.5) is 4.39 Å². The van der Waals surface area contributed by atoms with Gasteiger partial charge in [0.1, 0.15) is 5.82 Å². The highest BCUT2D eigenvalue weighted by molar-refractivity contribution is 5.85. The van der Waals surface area contributed by atoms with Gasteiger partial charge in [0, 0.05) is 13.0 Å². The number of nitrogens with zero attached hydrogens (tertiary/aromatic N) is 1. The number of carbonyl (C=O) groups is 1. The van der Waals surface area contributed by atoms with Crippen molar-refractivity contribution in [2.75, 3.05) is 19.6 Å². The van der Waals surface area contributed by atoms with Crippen LogP contribution in [0.2, 0.25) is 0 Å². The average molecular weight is 327 g/mol. The summed E-state index contributed by atoms with van der Waals surface area (Å²) in [6, 6.07) is 6.75. The lowest BCUT2D eigenvalue weighted by Gasteiger charge is -2.25. The first-order chi connectivity index (χ1) is 10.2. The fraction of sp³-hybridized carbons (Fsp3) is 0.588. The third-order valence-electron chi connectivity index (χ3n) is 4.74. The van der Waals surface area contributed by atoms with Gasteiger partial charge in [-0.25, -0.2) is 4.39 Å². The molecule has 0 bridgehead atoms. The Balaban J connectivity index is 0.00000176. The van der Waals surface area contributed by atoms with Crippen LogP contribution >= 0.6 is 12.4 Å². The van der Waals surface area contributed by atoms with Crippen molar-refractivity contribution in [3.8, 4) is 0 Å². The third kappa shape index (κ3) is 3.99. The standard InChI is InChI=1S/C17H23FN2O.ClH/c18-15-4-1-3-14(11-15)16-5-2-10-20(16)17(21)7-6-13-8-9-19-12-13;/h1,3-4,11,13,16,19H,2,5-10,12H2;1H. The summed E-state index contributed by atoms with van der Waals surface area (Å²) in [5.74, 6) is 0.654. The fourth-order valence-electron chi connectivity index (χ4n) is 3.56. The molecule has 0 aliphatic carbocycles. The number of rotatable bonds is 4. The number of benzene rings is 1. The van der Waals surface area contributed by atoms with Gasteiger partial charge in [0.05, 0.1) is 6.04 Å². The molecular formula is C17H24ClFN2O. The summed E-state index contributed by atoms with van der Waals surface area (Å²) >= 11 is 0. The Kier molecular flexibility index (Phi) is 6.21. The summed E-state index contributed by atoms with van der Waals surface area (Å²) < 4.78 is 13.4. The molecule has 2 fully saturated rings. The van der Waals surface area contributed by atoms with Gasteiger partial charge >= 0.3 is 0 Å². The minimum Gasteiger partial charge on any atom is -0.336 e. The molecule has 122 valence electrons. The maximum atomic E-state index is 13.4. The second-order valence-electron chi connectivity index (χ2n) is 6.20. The SMILES string of the molecule is Cl.O=C(CCC1CCNC1)N1CCCC1c1cccc(F)c1. The van der Waals surface area contributed by atoms with Crippen LogP contribution in [-0.4, -0.2) is 30.4 Å². The van der Waals surface area contributed by atoms with Gasteiger partial charge in [0.15, 0.2) is 0 Å². The van der Waals surface area contributed by atoms with E-state index in [0.717, 1.165) is 44.5 Å². The first-order valence-corrected chi connectivity index (χ1v) is 7.99. The maximum Gasteiger partial charge on any atom is 0.223 e. The highest BCUT2D eigenvalue weighted by Crippen LogP contribution is 2.33. The van der Waals surface area contributed by atoms with Crippen molar-refractivity contribution in [1.82, 2.24) is 10.2 Å². The summed E-state index contributed by atoms with van der Waals surface area (Å²) in [5.41, 5.74) is 0.934. The Bertz CT molecular complexity index is 505. The van der Waals surface area contributed by atoms with Gasteiger partial charge in [-0.05, 0) is 62.4 Å². The van der Waals surface area contributed by atoms with E-state index in [1.807, 2.05) is 11.0 Å². The van der Waals surface area contributed by atoms with E-state index in [1.54, 1.807) is 12.1 Å². The van der Waals surface area contributed by atoms with Gasteiger partial charge in [-0.1, -0.05) is 12.1 Å². The molecule has 0 spiro atoms. The molecule has 3 nitrogen and oxygen atoms in total. The van der Waals surface area contributed by atoms with E-state index >= 15 is 0 Å². The van der Waals surface area contributed by atoms with Gasteiger partial charge < -0.3 is 10.2 Å². The molecule has 3 rings (SSSR count). The van der Waals surface area contributed by atoms with Gasteiger partial charge in [0.2, 0.25) is 5.91 Å². The predicted octanol–water partition coefficient (Wildman–Crippen LogP) is 3.30. The average Bonchev–Trinajstić information content (AvgIpc) is 3.16. The van der Waals surface area contributed by atoms with Gasteiger partial charge in [-0.3, -0.25) is 4.79 Å². The lowest BCUT2D eigenvalue weighted by molar-refractivity contribution is -0.132. The summed E-state index contributed by atoms with van der Waals surface area (Å²) in [6.45, 7) is 2.93. The highest BCUT2D eigenvalue weighted by atomic mass is 35.5. The number of likely N-dealkylation sites (tertiary alicyclic amines) is 1. The third-order valence-corrected chi connectivity index (χ3v) is 4.74. The molecule has 0 radical (unpaired) electrons. The van der Waals surface area contributed by atoms with Gasteiger partial charge in [-0.15, -0.1) is 12.4 Å². The van der Waals surface area contributed by atoms with Crippen LogP contribution in [-0.2, 0) is 4.79 Å². The van der Waals surface area contributed by atoms with Gasteiger partial charge in [0.25, 0.3) is 0 Å². The predicted molar refractivity (Wildman–Crippen MR) is 87.5 cm³/mol. The zero-order valence-electron chi connectivity index (χ0n) is 12.8. The van der Waals surface area contributed by atoms with Crippen molar-refractivity contribution in [3.05, 3.63) is 35.6 Å². The zero-order chi connectivity index (χ0) is 14.7. The molecule has 2 heterocycles. The van der Waals surface area contributed by atoms with E-state index in [0.29, 0.717) is 12.3 Å². The van der Waals surface area contributed by atoms with Crippen molar-refractivity contribution in [2.45, 2.75) is 38.1 Å². The van der Waals surface area contributed by atoms with Crippen molar-refractivity contribution >= 4 is 18.3 Å². The molecule has 2 aliphatic heterocycles. The van der Waals surface area contributed by atoms with Crippen molar-refractivity contribution in [3.63, 3.8) is 0 Å². The normalized spacial score (nSPS) is 24.3. The molecule has 1 aromatic rings. The van der Waals surface area contributed by atoms with Crippen LogP contribution in [0.5, 0.6) is 0 Å². The number of hydrogen-bond acceptors (Lipinski definition) is 2. The van der Waals surface area contributed by atoms with E-state index in [4.69, 9.17) is 0 Å². The molecule has 1 amide bonds. The molecule has 1 N–H and O–H groups in total. The quantitative estimate of drug-likeness (QED) is 0.920. The van der Waals surface area contributed by atoms with E-state index in [2.05, 4.69) is 5.32 Å². The molecule has 2 saturated heterocycles. The summed E-state index contributed by atoms with van der Waals surface area (Å²) in [4.78, 5) is 14.4. The van der Waals surface area contributed by atoms with Crippen LogP contribution in [0.1, 0.15) is 43.7 Å². The second kappa shape index (κ2) is 7.93. The highest BCUT2D eigenvalue weighted by Gasteiger charge is 2.30. The minimum absolute atomic E-state index is 0. The van der Waals surface area contributed by atoms with Crippen LogP contribution in [0.25, 0.3) is 0 Å². The van der Waals surface area contributed by atoms with E-state index in [1.165, 1.54) is 12.5 Å². The molecule has 0 saturated carbocycles. The summed E-state index contributed by atoms with van der Waals surface area (Å²) in [5, 5.41) is 3.34. The van der Waals surface area contributed by atoms with E-state index in [-0.39, 0.29) is 30.2 Å². The molecule has 2 aliphatic rings. The van der Waals surface area contributed by atoms with Crippen LogP contribution < -0.4 is 5.32 Å². The summed E-state index contributed by atoms with van der Waals surface area (Å²) in [7, 11) is 0. The van der Waals surface area contributed by atoms with Crippen molar-refractivity contribution < 1.29 is 9.18 Å². The van der Waals surface area contributed by atoms with Crippen molar-refractivity contribution in [1.29, 1.82) is 0 Å². The molecule has 2 unspecified atom stereocenters. The summed E-state index contributed by atoms with van der Waals surface area (Å²) in [6.07, 6.45) is 4.73. The van der Waals surface area contributed by atoms with Gasteiger partial charge in [-0.2, -0.15) is 0 Å². The van der Waals surface area contributed by atoms with Crippen molar-refractivity contribution in [2.24, 2.45) is 5.92 Å². The minimum atomic E-state index is -0.219. The van der Waals surface area contributed by atoms with E-state index in [9.17, 15) is 9.18 Å². The number of hydrogen-bond donors (Lipinski definition) is 1. The molecule has 2 atom stereocenters. The Labute approximate surface area is 137 Å². The maximum absolute atomic E-state index is 13.4. The lowest BCUT2D eigenvalue weighted by atomic mass is 10.0. The smallest absolute Gasteiger partial charge is 0.223 e. The molecule has 22 heavy (non-hydrogen) atoms. The molecule has 1 aromatic carbocycles. The number of amides is 1. The molecular weight excluding hydrogens is 303 g/mol. The Morgan fingerprint density at radius 1 is 1.36 bits per heavy atom. The lowest BCUT2D eigenvalue weighted by Crippen LogP contribution is -2.30. The zero-order valence-corrected chi connectivity index (χ0v) is 13.6. The monoisotopic (exact) mass is 326 g/mol. The number of nitrogens with one attached hydrogen (secondary N) is 1. The second-order valence-corrected chi connectivity index (χ2v) is 6.20.